The minimum absolute atomic E-state index is 0.651. The maximum atomic E-state index is 8.98. The summed E-state index contributed by atoms with van der Waals surface area (Å²) < 4.78 is 1.71. The molecular formula is C10H10N4. The molecule has 0 aliphatic heterocycles. The molecule has 0 aliphatic carbocycles. The number of fused-ring (bicyclic) bond motifs is 1. The summed E-state index contributed by atoms with van der Waals surface area (Å²) in [5.74, 6) is 0. The molecule has 2 heterocycles. The van der Waals surface area contributed by atoms with Crippen LogP contribution in [0.5, 0.6) is 0 Å². The average molecular weight is 186 g/mol. The van der Waals surface area contributed by atoms with Gasteiger partial charge in [-0.2, -0.15) is 10.4 Å². The molecule has 0 amide bonds. The van der Waals surface area contributed by atoms with Crippen LogP contribution in [0, 0.1) is 25.2 Å². The van der Waals surface area contributed by atoms with Gasteiger partial charge in [-0.3, -0.25) is 4.68 Å². The van der Waals surface area contributed by atoms with E-state index in [1.807, 2.05) is 20.9 Å². The van der Waals surface area contributed by atoms with Gasteiger partial charge in [0.2, 0.25) is 0 Å². The van der Waals surface area contributed by atoms with Crippen molar-refractivity contribution in [2.24, 2.45) is 7.05 Å². The third kappa shape index (κ3) is 1.06. The van der Waals surface area contributed by atoms with Gasteiger partial charge in [-0.05, 0) is 19.9 Å². The van der Waals surface area contributed by atoms with Crippen molar-refractivity contribution in [3.8, 4) is 6.07 Å². The van der Waals surface area contributed by atoms with Crippen molar-refractivity contribution >= 4 is 11.0 Å². The molecule has 2 aromatic heterocycles. The Kier molecular flexibility index (Phi) is 1.74. The van der Waals surface area contributed by atoms with E-state index in [0.29, 0.717) is 5.56 Å². The highest BCUT2D eigenvalue weighted by molar-refractivity contribution is 5.84. The largest absolute Gasteiger partial charge is 0.250 e. The summed E-state index contributed by atoms with van der Waals surface area (Å²) in [6, 6.07) is 3.96. The van der Waals surface area contributed by atoms with Gasteiger partial charge in [0.25, 0.3) is 0 Å². The lowest BCUT2D eigenvalue weighted by Crippen LogP contribution is -1.93. The van der Waals surface area contributed by atoms with Gasteiger partial charge in [0.05, 0.1) is 16.6 Å². The molecule has 14 heavy (non-hydrogen) atoms. The Morgan fingerprint density at radius 3 is 2.79 bits per heavy atom. The number of rotatable bonds is 0. The van der Waals surface area contributed by atoms with Gasteiger partial charge >= 0.3 is 0 Å². The van der Waals surface area contributed by atoms with Crippen molar-refractivity contribution in [3.63, 3.8) is 0 Å². The van der Waals surface area contributed by atoms with Crippen LogP contribution in [0.3, 0.4) is 0 Å². The van der Waals surface area contributed by atoms with Gasteiger partial charge in [-0.25, -0.2) is 4.98 Å². The Labute approximate surface area is 81.8 Å². The molecule has 2 rings (SSSR count). The van der Waals surface area contributed by atoms with Crippen molar-refractivity contribution in [1.29, 1.82) is 5.26 Å². The Balaban J connectivity index is 3.00. The third-order valence-corrected chi connectivity index (χ3v) is 2.22. The second-order valence-electron chi connectivity index (χ2n) is 3.33. The standard InChI is InChI=1S/C10H10N4/c1-6-4-8(5-11)9-7(2)13-14(3)10(9)12-6/h4H,1-3H3. The second-order valence-corrected chi connectivity index (χ2v) is 3.33. The average Bonchev–Trinajstić information content (AvgIpc) is 2.41. The van der Waals surface area contributed by atoms with E-state index in [1.54, 1.807) is 10.7 Å². The summed E-state index contributed by atoms with van der Waals surface area (Å²) >= 11 is 0. The first-order valence-corrected chi connectivity index (χ1v) is 4.34. The molecule has 4 heteroatoms. The van der Waals surface area contributed by atoms with Crippen molar-refractivity contribution in [1.82, 2.24) is 14.8 Å². The summed E-state index contributed by atoms with van der Waals surface area (Å²) in [7, 11) is 1.84. The van der Waals surface area contributed by atoms with E-state index in [9.17, 15) is 0 Å². The van der Waals surface area contributed by atoms with E-state index < -0.39 is 0 Å². The number of pyridine rings is 1. The molecule has 0 aromatic carbocycles. The fourth-order valence-electron chi connectivity index (χ4n) is 1.66. The zero-order valence-electron chi connectivity index (χ0n) is 8.37. The molecule has 0 atom stereocenters. The van der Waals surface area contributed by atoms with Gasteiger partial charge in [-0.15, -0.1) is 0 Å². The molecule has 4 nitrogen and oxygen atoms in total. The molecule has 0 saturated carbocycles. The van der Waals surface area contributed by atoms with Crippen molar-refractivity contribution in [3.05, 3.63) is 23.0 Å². The summed E-state index contributed by atoms with van der Waals surface area (Å²) in [4.78, 5) is 4.35. The lowest BCUT2D eigenvalue weighted by atomic mass is 10.1. The Hall–Kier alpha value is -1.89. The van der Waals surface area contributed by atoms with Gasteiger partial charge in [0.15, 0.2) is 5.65 Å². The molecular weight excluding hydrogens is 176 g/mol. The van der Waals surface area contributed by atoms with Gasteiger partial charge in [0, 0.05) is 12.7 Å². The van der Waals surface area contributed by atoms with E-state index >= 15 is 0 Å². The topological polar surface area (TPSA) is 54.5 Å². The first kappa shape index (κ1) is 8.70. The molecule has 0 bridgehead atoms. The number of hydrogen-bond acceptors (Lipinski definition) is 3. The smallest absolute Gasteiger partial charge is 0.159 e. The van der Waals surface area contributed by atoms with Crippen LogP contribution in [-0.4, -0.2) is 14.8 Å². The molecule has 0 radical (unpaired) electrons. The van der Waals surface area contributed by atoms with E-state index in [4.69, 9.17) is 5.26 Å². The quantitative estimate of drug-likeness (QED) is 0.625. The van der Waals surface area contributed by atoms with Crippen LogP contribution >= 0.6 is 0 Å². The highest BCUT2D eigenvalue weighted by Crippen LogP contribution is 2.20. The lowest BCUT2D eigenvalue weighted by molar-refractivity contribution is 0.772. The van der Waals surface area contributed by atoms with Gasteiger partial charge in [0.1, 0.15) is 6.07 Å². The summed E-state index contributed by atoms with van der Waals surface area (Å²) in [5, 5.41) is 14.1. The van der Waals surface area contributed by atoms with Crippen LogP contribution in [0.1, 0.15) is 17.0 Å². The molecule has 0 spiro atoms. The molecule has 0 saturated heterocycles. The van der Waals surface area contributed by atoms with Crippen LogP contribution in [0.2, 0.25) is 0 Å². The fraction of sp³-hybridized carbons (Fsp3) is 0.300. The molecule has 2 aromatic rings. The number of nitriles is 1. The van der Waals surface area contributed by atoms with Crippen LogP contribution in [0.15, 0.2) is 6.07 Å². The number of hydrogen-bond donors (Lipinski definition) is 0. The minimum atomic E-state index is 0.651. The van der Waals surface area contributed by atoms with Crippen molar-refractivity contribution in [2.75, 3.05) is 0 Å². The normalized spacial score (nSPS) is 10.4. The number of nitrogens with zero attached hydrogens (tertiary/aromatic N) is 4. The predicted octanol–water partition coefficient (Wildman–Crippen LogP) is 1.46. The van der Waals surface area contributed by atoms with E-state index in [1.165, 1.54) is 0 Å². The van der Waals surface area contributed by atoms with E-state index in [-0.39, 0.29) is 0 Å². The van der Waals surface area contributed by atoms with Gasteiger partial charge in [-0.1, -0.05) is 0 Å². The van der Waals surface area contributed by atoms with Crippen molar-refractivity contribution in [2.45, 2.75) is 13.8 Å². The van der Waals surface area contributed by atoms with E-state index in [2.05, 4.69) is 16.2 Å². The molecule has 0 fully saturated rings. The Bertz CT molecular complexity index is 545. The number of aromatic nitrogens is 3. The maximum absolute atomic E-state index is 8.98. The first-order valence-electron chi connectivity index (χ1n) is 4.34. The number of aryl methyl sites for hydroxylation is 3. The fourth-order valence-corrected chi connectivity index (χ4v) is 1.66. The molecule has 0 aliphatic rings. The van der Waals surface area contributed by atoms with Gasteiger partial charge < -0.3 is 0 Å². The predicted molar refractivity (Wildman–Crippen MR) is 52.7 cm³/mol. The Morgan fingerprint density at radius 1 is 1.43 bits per heavy atom. The highest BCUT2D eigenvalue weighted by atomic mass is 15.3. The second kappa shape index (κ2) is 2.81. The van der Waals surface area contributed by atoms with Crippen LogP contribution in [0.25, 0.3) is 11.0 Å². The van der Waals surface area contributed by atoms with Crippen LogP contribution < -0.4 is 0 Å². The highest BCUT2D eigenvalue weighted by Gasteiger charge is 2.11. The zero-order chi connectivity index (χ0) is 10.3. The Morgan fingerprint density at radius 2 is 2.14 bits per heavy atom. The minimum Gasteiger partial charge on any atom is -0.250 e. The molecule has 0 unspecified atom stereocenters. The molecule has 0 N–H and O–H groups in total. The summed E-state index contributed by atoms with van der Waals surface area (Å²) in [6.07, 6.45) is 0. The maximum Gasteiger partial charge on any atom is 0.159 e. The van der Waals surface area contributed by atoms with Crippen LogP contribution in [0.4, 0.5) is 0 Å². The molecule has 70 valence electrons. The SMILES string of the molecule is Cc1cc(C#N)c2c(C)nn(C)c2n1. The van der Waals surface area contributed by atoms with E-state index in [0.717, 1.165) is 22.4 Å². The summed E-state index contributed by atoms with van der Waals surface area (Å²) in [6.45, 7) is 3.77. The van der Waals surface area contributed by atoms with Crippen LogP contribution in [-0.2, 0) is 7.05 Å². The lowest BCUT2D eigenvalue weighted by Gasteiger charge is -1.97. The zero-order valence-corrected chi connectivity index (χ0v) is 8.37. The van der Waals surface area contributed by atoms with Crippen molar-refractivity contribution < 1.29 is 0 Å². The first-order chi connectivity index (χ1) is 6.63. The monoisotopic (exact) mass is 186 g/mol. The summed E-state index contributed by atoms with van der Waals surface area (Å²) in [5.41, 5.74) is 3.13. The third-order valence-electron chi connectivity index (χ3n) is 2.22.